The molecule has 0 bridgehead atoms. The van der Waals surface area contributed by atoms with E-state index < -0.39 is 5.91 Å². The molecule has 2 aromatic carbocycles. The first-order valence-electron chi connectivity index (χ1n) is 9.22. The first-order chi connectivity index (χ1) is 13.5. The number of likely N-dealkylation sites (tertiary alicyclic amines) is 1. The third-order valence-corrected chi connectivity index (χ3v) is 5.15. The molecule has 0 saturated carbocycles. The number of para-hydroxylation sites is 1. The van der Waals surface area contributed by atoms with Crippen LogP contribution in [0.25, 0.3) is 11.0 Å². The smallest absolute Gasteiger partial charge is 0.289 e. The molecule has 2 amide bonds. The minimum absolute atomic E-state index is 0.0695. The zero-order valence-corrected chi connectivity index (χ0v) is 15.3. The first kappa shape index (κ1) is 18.0. The molecular formula is C22H20N2O4. The summed E-state index contributed by atoms with van der Waals surface area (Å²) in [6.45, 7) is 1.19. The molecule has 1 fully saturated rings. The van der Waals surface area contributed by atoms with Crippen molar-refractivity contribution in [2.75, 3.05) is 13.1 Å². The molecule has 1 aliphatic heterocycles. The van der Waals surface area contributed by atoms with E-state index in [1.165, 1.54) is 6.07 Å². The van der Waals surface area contributed by atoms with Gasteiger partial charge in [0, 0.05) is 24.7 Å². The number of carbonyl (C=O) groups excluding carboxylic acids is 2. The van der Waals surface area contributed by atoms with Gasteiger partial charge in [0.25, 0.3) is 5.91 Å². The Bertz CT molecular complexity index is 1120. The topological polar surface area (TPSA) is 93.6 Å². The summed E-state index contributed by atoms with van der Waals surface area (Å²) in [5.74, 6) is -0.369. The summed E-state index contributed by atoms with van der Waals surface area (Å²) >= 11 is 0. The van der Waals surface area contributed by atoms with Crippen LogP contribution in [0.1, 0.15) is 32.9 Å². The van der Waals surface area contributed by atoms with Gasteiger partial charge in [0.05, 0.1) is 5.39 Å². The summed E-state index contributed by atoms with van der Waals surface area (Å²) in [4.78, 5) is 38.1. The molecule has 1 saturated heterocycles. The monoisotopic (exact) mass is 376 g/mol. The lowest BCUT2D eigenvalue weighted by molar-refractivity contribution is 0.0756. The molecule has 1 aliphatic rings. The highest BCUT2D eigenvalue weighted by Gasteiger charge is 2.28. The molecule has 3 aromatic rings. The zero-order chi connectivity index (χ0) is 19.7. The van der Waals surface area contributed by atoms with Crippen molar-refractivity contribution in [3.63, 3.8) is 0 Å². The number of fused-ring (bicyclic) bond motifs is 1. The quantitative estimate of drug-likeness (QED) is 0.757. The van der Waals surface area contributed by atoms with Gasteiger partial charge in [-0.1, -0.05) is 24.3 Å². The van der Waals surface area contributed by atoms with Gasteiger partial charge < -0.3 is 15.1 Å². The lowest BCUT2D eigenvalue weighted by Crippen LogP contribution is -2.29. The van der Waals surface area contributed by atoms with E-state index in [9.17, 15) is 14.4 Å². The highest BCUT2D eigenvalue weighted by molar-refractivity contribution is 5.93. The van der Waals surface area contributed by atoms with Gasteiger partial charge in [-0.3, -0.25) is 14.4 Å². The van der Waals surface area contributed by atoms with Crippen LogP contribution in [0.5, 0.6) is 0 Å². The van der Waals surface area contributed by atoms with E-state index in [4.69, 9.17) is 10.2 Å². The largest absolute Gasteiger partial charge is 0.451 e. The average Bonchev–Trinajstić information content (AvgIpc) is 3.16. The number of rotatable bonds is 4. The maximum absolute atomic E-state index is 12.8. The number of nitrogens with zero attached hydrogens (tertiary/aromatic N) is 1. The summed E-state index contributed by atoms with van der Waals surface area (Å²) in [5.41, 5.74) is 7.05. The molecule has 4 rings (SSSR count). The van der Waals surface area contributed by atoms with Crippen molar-refractivity contribution in [1.82, 2.24) is 4.90 Å². The molecule has 28 heavy (non-hydrogen) atoms. The Morgan fingerprint density at radius 1 is 1.11 bits per heavy atom. The predicted octanol–water partition coefficient (Wildman–Crippen LogP) is 2.60. The van der Waals surface area contributed by atoms with Crippen molar-refractivity contribution in [3.05, 3.63) is 81.7 Å². The number of nitrogens with two attached hydrogens (primary N) is 1. The Hall–Kier alpha value is -3.41. The number of benzene rings is 2. The van der Waals surface area contributed by atoms with Crippen molar-refractivity contribution in [2.45, 2.75) is 12.8 Å². The summed E-state index contributed by atoms with van der Waals surface area (Å²) in [5, 5.41) is 0.465. The fraction of sp³-hybridized carbons (Fsp3) is 0.227. The molecule has 0 radical (unpaired) electrons. The van der Waals surface area contributed by atoms with Crippen LogP contribution < -0.4 is 11.2 Å². The van der Waals surface area contributed by atoms with Crippen molar-refractivity contribution in [2.24, 2.45) is 11.7 Å². The number of amides is 2. The molecule has 1 unspecified atom stereocenters. The Morgan fingerprint density at radius 3 is 2.75 bits per heavy atom. The maximum Gasteiger partial charge on any atom is 0.289 e. The van der Waals surface area contributed by atoms with Crippen LogP contribution in [0.3, 0.4) is 0 Å². The Morgan fingerprint density at radius 2 is 1.93 bits per heavy atom. The molecule has 0 aliphatic carbocycles. The van der Waals surface area contributed by atoms with Crippen LogP contribution in [0, 0.1) is 5.92 Å². The lowest BCUT2D eigenvalue weighted by atomic mass is 9.97. The summed E-state index contributed by atoms with van der Waals surface area (Å²) < 4.78 is 5.67. The molecule has 2 N–H and O–H groups in total. The minimum atomic E-state index is -0.448. The number of hydrogen-bond donors (Lipinski definition) is 1. The fourth-order valence-electron chi connectivity index (χ4n) is 3.73. The maximum atomic E-state index is 12.8. The molecular weight excluding hydrogens is 356 g/mol. The fourth-order valence-corrected chi connectivity index (χ4v) is 3.73. The van der Waals surface area contributed by atoms with Crippen LogP contribution in [0.4, 0.5) is 0 Å². The molecule has 6 nitrogen and oxygen atoms in total. The van der Waals surface area contributed by atoms with E-state index in [1.54, 1.807) is 41.3 Å². The SMILES string of the molecule is NC(=O)c1cccc(CC2CCN(C(=O)c3cc(=O)c4ccccc4o3)C2)c1. The second-order valence-corrected chi connectivity index (χ2v) is 7.15. The highest BCUT2D eigenvalue weighted by atomic mass is 16.3. The molecule has 142 valence electrons. The van der Waals surface area contributed by atoms with E-state index in [2.05, 4.69) is 0 Å². The van der Waals surface area contributed by atoms with Crippen LogP contribution >= 0.6 is 0 Å². The van der Waals surface area contributed by atoms with Gasteiger partial charge in [0.2, 0.25) is 5.91 Å². The molecule has 0 spiro atoms. The van der Waals surface area contributed by atoms with Gasteiger partial charge in [-0.25, -0.2) is 0 Å². The van der Waals surface area contributed by atoms with Gasteiger partial charge in [-0.2, -0.15) is 0 Å². The third kappa shape index (κ3) is 3.53. The number of primary amides is 1. The highest BCUT2D eigenvalue weighted by Crippen LogP contribution is 2.23. The van der Waals surface area contributed by atoms with Crippen molar-refractivity contribution in [3.8, 4) is 0 Å². The van der Waals surface area contributed by atoms with Gasteiger partial charge in [-0.05, 0) is 48.6 Å². The van der Waals surface area contributed by atoms with E-state index >= 15 is 0 Å². The predicted molar refractivity (Wildman–Crippen MR) is 105 cm³/mol. The van der Waals surface area contributed by atoms with Crippen LogP contribution in [-0.2, 0) is 6.42 Å². The van der Waals surface area contributed by atoms with Crippen molar-refractivity contribution >= 4 is 22.8 Å². The van der Waals surface area contributed by atoms with Gasteiger partial charge in [-0.15, -0.1) is 0 Å². The Kier molecular flexibility index (Phi) is 4.69. The van der Waals surface area contributed by atoms with Gasteiger partial charge in [0.1, 0.15) is 5.58 Å². The van der Waals surface area contributed by atoms with E-state index in [1.807, 2.05) is 12.1 Å². The van der Waals surface area contributed by atoms with E-state index in [0.717, 1.165) is 18.4 Å². The summed E-state index contributed by atoms with van der Waals surface area (Å²) in [6.07, 6.45) is 1.61. The second kappa shape index (κ2) is 7.31. The first-order valence-corrected chi connectivity index (χ1v) is 9.22. The van der Waals surface area contributed by atoms with E-state index in [-0.39, 0.29) is 23.0 Å². The zero-order valence-electron chi connectivity index (χ0n) is 15.3. The molecule has 6 heteroatoms. The van der Waals surface area contributed by atoms with Crippen molar-refractivity contribution in [1.29, 1.82) is 0 Å². The minimum Gasteiger partial charge on any atom is -0.451 e. The van der Waals surface area contributed by atoms with Crippen LogP contribution in [0.2, 0.25) is 0 Å². The standard InChI is InChI=1S/C22H20N2O4/c23-21(26)16-5-3-4-14(11-16)10-15-8-9-24(13-15)22(27)20-12-18(25)17-6-1-2-7-19(17)28-20/h1-7,11-12,15H,8-10,13H2,(H2,23,26). The van der Waals surface area contributed by atoms with Gasteiger partial charge in [0.15, 0.2) is 11.2 Å². The molecule has 1 aromatic heterocycles. The van der Waals surface area contributed by atoms with Crippen LogP contribution in [0.15, 0.2) is 63.8 Å². The Labute approximate surface area is 161 Å². The molecule has 2 heterocycles. The number of hydrogen-bond acceptors (Lipinski definition) is 4. The summed E-state index contributed by atoms with van der Waals surface area (Å²) in [7, 11) is 0. The Balaban J connectivity index is 1.48. The van der Waals surface area contributed by atoms with Crippen LogP contribution in [-0.4, -0.2) is 29.8 Å². The van der Waals surface area contributed by atoms with E-state index in [0.29, 0.717) is 29.6 Å². The normalized spacial score (nSPS) is 16.4. The second-order valence-electron chi connectivity index (χ2n) is 7.15. The average molecular weight is 376 g/mol. The van der Waals surface area contributed by atoms with Crippen molar-refractivity contribution < 1.29 is 14.0 Å². The third-order valence-electron chi connectivity index (χ3n) is 5.15. The molecule has 1 atom stereocenters. The van der Waals surface area contributed by atoms with Gasteiger partial charge >= 0.3 is 0 Å². The lowest BCUT2D eigenvalue weighted by Gasteiger charge is -2.16. The number of carbonyl (C=O) groups is 2. The summed E-state index contributed by atoms with van der Waals surface area (Å²) in [6, 6.07) is 15.4.